The van der Waals surface area contributed by atoms with Crippen LogP contribution in [0.15, 0.2) is 45.3 Å². The van der Waals surface area contributed by atoms with E-state index in [0.29, 0.717) is 5.58 Å². The topological polar surface area (TPSA) is 48.7 Å². The fourth-order valence-corrected chi connectivity index (χ4v) is 3.10. The van der Waals surface area contributed by atoms with E-state index in [4.69, 9.17) is 13.9 Å². The average Bonchev–Trinajstić information content (AvgIpc) is 2.54. The molecule has 1 aliphatic rings. The van der Waals surface area contributed by atoms with E-state index in [1.165, 1.54) is 0 Å². The Morgan fingerprint density at radius 2 is 2.08 bits per heavy atom. The second-order valence-electron chi connectivity index (χ2n) is 7.43. The van der Waals surface area contributed by atoms with Gasteiger partial charge in [0.05, 0.1) is 5.39 Å². The fraction of sp³-hybridized carbons (Fsp3) is 0.409. The lowest BCUT2D eigenvalue weighted by atomic mass is 9.95. The van der Waals surface area contributed by atoms with Crippen LogP contribution < -0.4 is 10.4 Å². The van der Waals surface area contributed by atoms with Gasteiger partial charge in [-0.25, -0.2) is 4.79 Å². The van der Waals surface area contributed by atoms with E-state index in [1.807, 2.05) is 45.9 Å². The van der Waals surface area contributed by atoms with Crippen LogP contribution in [0.5, 0.6) is 5.75 Å². The summed E-state index contributed by atoms with van der Waals surface area (Å²) >= 11 is 0. The van der Waals surface area contributed by atoms with Crippen molar-refractivity contribution in [1.82, 2.24) is 0 Å². The summed E-state index contributed by atoms with van der Waals surface area (Å²) in [5, 5.41) is 0.875. The molecule has 26 heavy (non-hydrogen) atoms. The predicted molar refractivity (Wildman–Crippen MR) is 105 cm³/mol. The number of ether oxygens (including phenoxy) is 2. The largest absolute Gasteiger partial charge is 0.486 e. The van der Waals surface area contributed by atoms with E-state index in [0.717, 1.165) is 46.4 Å². The summed E-state index contributed by atoms with van der Waals surface area (Å²) in [4.78, 5) is 11.9. The molecule has 0 amide bonds. The molecule has 0 saturated carbocycles. The van der Waals surface area contributed by atoms with Crippen molar-refractivity contribution in [3.8, 4) is 5.75 Å². The van der Waals surface area contributed by atoms with Crippen LogP contribution in [0.25, 0.3) is 17.0 Å². The van der Waals surface area contributed by atoms with E-state index in [1.54, 1.807) is 6.07 Å². The third-order valence-electron chi connectivity index (χ3n) is 4.73. The van der Waals surface area contributed by atoms with Gasteiger partial charge in [-0.05, 0) is 63.5 Å². The van der Waals surface area contributed by atoms with Gasteiger partial charge in [0.1, 0.15) is 23.2 Å². The molecule has 0 saturated heterocycles. The maximum Gasteiger partial charge on any atom is 0.336 e. The van der Waals surface area contributed by atoms with Gasteiger partial charge in [0.25, 0.3) is 0 Å². The van der Waals surface area contributed by atoms with Crippen molar-refractivity contribution < 1.29 is 13.9 Å². The Balaban J connectivity index is 2.19. The van der Waals surface area contributed by atoms with Crippen molar-refractivity contribution in [3.63, 3.8) is 0 Å². The van der Waals surface area contributed by atoms with Gasteiger partial charge in [-0.15, -0.1) is 0 Å². The second kappa shape index (κ2) is 6.67. The van der Waals surface area contributed by atoms with E-state index >= 15 is 0 Å². The monoisotopic (exact) mass is 354 g/mol. The van der Waals surface area contributed by atoms with E-state index in [-0.39, 0.29) is 11.7 Å². The standard InChI is InChI=1S/C22H26O4/c1-7-8-15-12-19(23)25-17-10-9-16-11-18(24-14(4)13(2)3)22(5,6)26-21(16)20(15)17/h9-12,14H,2,7-8H2,1,3-6H3/t14-/m0/s1. The van der Waals surface area contributed by atoms with Crippen LogP contribution in [0.3, 0.4) is 0 Å². The first-order valence-electron chi connectivity index (χ1n) is 9.06. The van der Waals surface area contributed by atoms with Crippen LogP contribution in [-0.2, 0) is 11.2 Å². The Labute approximate surface area is 154 Å². The summed E-state index contributed by atoms with van der Waals surface area (Å²) < 4.78 is 17.9. The molecule has 0 N–H and O–H groups in total. The number of hydrogen-bond donors (Lipinski definition) is 0. The molecular weight excluding hydrogens is 328 g/mol. The number of benzene rings is 1. The molecule has 2 aromatic rings. The molecule has 0 spiro atoms. The molecular formula is C22H26O4. The lowest BCUT2D eigenvalue weighted by Gasteiger charge is -2.35. The lowest BCUT2D eigenvalue weighted by Crippen LogP contribution is -2.36. The van der Waals surface area contributed by atoms with Crippen molar-refractivity contribution in [1.29, 1.82) is 0 Å². The highest BCUT2D eigenvalue weighted by atomic mass is 16.6. The highest BCUT2D eigenvalue weighted by Gasteiger charge is 2.34. The van der Waals surface area contributed by atoms with E-state index in [9.17, 15) is 4.79 Å². The van der Waals surface area contributed by atoms with Crippen LogP contribution in [0.2, 0.25) is 0 Å². The smallest absolute Gasteiger partial charge is 0.336 e. The zero-order valence-electron chi connectivity index (χ0n) is 16.1. The minimum absolute atomic E-state index is 0.0974. The van der Waals surface area contributed by atoms with Crippen LogP contribution in [-0.4, -0.2) is 11.7 Å². The first kappa shape index (κ1) is 18.3. The first-order valence-corrected chi connectivity index (χ1v) is 9.06. The third-order valence-corrected chi connectivity index (χ3v) is 4.73. The SMILES string of the molecule is C=C(C)[C@H](C)OC1=Cc2ccc3oc(=O)cc(CCC)c3c2OC1(C)C. The van der Waals surface area contributed by atoms with Crippen LogP contribution in [0.1, 0.15) is 52.2 Å². The Bertz CT molecular complexity index is 947. The predicted octanol–water partition coefficient (Wildman–Crippen LogP) is 5.24. The Kier molecular flexibility index (Phi) is 4.70. The molecule has 0 unspecified atom stereocenters. The van der Waals surface area contributed by atoms with Gasteiger partial charge in [-0.1, -0.05) is 19.9 Å². The van der Waals surface area contributed by atoms with Crippen molar-refractivity contribution >= 4 is 17.0 Å². The Hall–Kier alpha value is -2.49. The molecule has 1 aromatic heterocycles. The molecule has 1 aliphatic heterocycles. The van der Waals surface area contributed by atoms with E-state index in [2.05, 4.69) is 13.5 Å². The summed E-state index contributed by atoms with van der Waals surface area (Å²) in [7, 11) is 0. The van der Waals surface area contributed by atoms with Crippen molar-refractivity contribution in [2.24, 2.45) is 0 Å². The van der Waals surface area contributed by atoms with Gasteiger partial charge in [0.2, 0.25) is 0 Å². The second-order valence-corrected chi connectivity index (χ2v) is 7.43. The van der Waals surface area contributed by atoms with Crippen LogP contribution in [0, 0.1) is 0 Å². The molecule has 2 heterocycles. The summed E-state index contributed by atoms with van der Waals surface area (Å²) in [6.45, 7) is 13.9. The normalized spacial score (nSPS) is 16.4. The minimum atomic E-state index is -0.634. The molecule has 1 aromatic carbocycles. The van der Waals surface area contributed by atoms with Crippen molar-refractivity contribution in [2.75, 3.05) is 0 Å². The highest BCUT2D eigenvalue weighted by molar-refractivity contribution is 5.91. The molecule has 138 valence electrons. The fourth-order valence-electron chi connectivity index (χ4n) is 3.10. The first-order chi connectivity index (χ1) is 12.2. The minimum Gasteiger partial charge on any atom is -0.486 e. The van der Waals surface area contributed by atoms with Gasteiger partial charge in [-0.3, -0.25) is 0 Å². The summed E-state index contributed by atoms with van der Waals surface area (Å²) in [6, 6.07) is 5.30. The number of aryl methyl sites for hydroxylation is 1. The quantitative estimate of drug-likeness (QED) is 0.544. The van der Waals surface area contributed by atoms with Gasteiger partial charge < -0.3 is 13.9 Å². The summed E-state index contributed by atoms with van der Waals surface area (Å²) in [6.07, 6.45) is 3.65. The van der Waals surface area contributed by atoms with Crippen LogP contribution >= 0.6 is 0 Å². The molecule has 3 rings (SSSR count). The zero-order valence-corrected chi connectivity index (χ0v) is 16.1. The summed E-state index contributed by atoms with van der Waals surface area (Å²) in [5.41, 5.74) is 2.43. The summed E-state index contributed by atoms with van der Waals surface area (Å²) in [5.74, 6) is 1.50. The van der Waals surface area contributed by atoms with Gasteiger partial charge in [0.15, 0.2) is 5.60 Å². The number of hydrogen-bond acceptors (Lipinski definition) is 4. The highest BCUT2D eigenvalue weighted by Crippen LogP contribution is 2.42. The molecule has 4 heteroatoms. The van der Waals surface area contributed by atoms with Crippen molar-refractivity contribution in [3.05, 3.63) is 57.7 Å². The number of rotatable bonds is 5. The number of fused-ring (bicyclic) bond motifs is 3. The van der Waals surface area contributed by atoms with E-state index < -0.39 is 5.60 Å². The Morgan fingerprint density at radius 1 is 1.35 bits per heavy atom. The zero-order chi connectivity index (χ0) is 19.1. The van der Waals surface area contributed by atoms with Gasteiger partial charge >= 0.3 is 5.63 Å². The van der Waals surface area contributed by atoms with Crippen LogP contribution in [0.4, 0.5) is 0 Å². The molecule has 0 bridgehead atoms. The average molecular weight is 354 g/mol. The molecule has 1 atom stereocenters. The maximum atomic E-state index is 11.9. The Morgan fingerprint density at radius 3 is 2.73 bits per heavy atom. The lowest BCUT2D eigenvalue weighted by molar-refractivity contribution is 0.0401. The van der Waals surface area contributed by atoms with Gasteiger partial charge in [0, 0.05) is 11.6 Å². The third kappa shape index (κ3) is 3.28. The molecule has 0 fully saturated rings. The maximum absolute atomic E-state index is 11.9. The molecule has 4 nitrogen and oxygen atoms in total. The molecule has 0 aliphatic carbocycles. The van der Waals surface area contributed by atoms with Crippen molar-refractivity contribution in [2.45, 2.75) is 59.2 Å². The molecule has 0 radical (unpaired) electrons. The van der Waals surface area contributed by atoms with Gasteiger partial charge in [-0.2, -0.15) is 0 Å².